The highest BCUT2D eigenvalue weighted by Crippen LogP contribution is 2.27. The van der Waals surface area contributed by atoms with Gasteiger partial charge in [0.1, 0.15) is 11.4 Å². The number of aromatic nitrogens is 1. The van der Waals surface area contributed by atoms with Crippen molar-refractivity contribution >= 4 is 17.0 Å². The molecule has 6 heteroatoms. The minimum atomic E-state index is 0.726. The average Bonchev–Trinajstić information content (AvgIpc) is 3.14. The highest BCUT2D eigenvalue weighted by Gasteiger charge is 2.18. The highest BCUT2D eigenvalue weighted by molar-refractivity contribution is 7.07. The van der Waals surface area contributed by atoms with E-state index in [1.807, 2.05) is 24.3 Å². The first-order valence-corrected chi connectivity index (χ1v) is 10.3. The number of morpholine rings is 1. The van der Waals surface area contributed by atoms with Gasteiger partial charge in [0, 0.05) is 10.9 Å². The number of benzene rings is 2. The summed E-state index contributed by atoms with van der Waals surface area (Å²) in [5, 5.41) is 4.51. The van der Waals surface area contributed by atoms with E-state index in [0.29, 0.717) is 0 Å². The Morgan fingerprint density at radius 1 is 1.04 bits per heavy atom. The summed E-state index contributed by atoms with van der Waals surface area (Å²) in [6, 6.07) is 14.5. The van der Waals surface area contributed by atoms with Crippen molar-refractivity contribution in [3.63, 3.8) is 0 Å². The number of hydrogen-bond acceptors (Lipinski definition) is 5. The molecule has 2 aromatic carbocycles. The number of ether oxygens (including phenoxy) is 2. The van der Waals surface area contributed by atoms with Crippen LogP contribution in [-0.4, -0.2) is 38.1 Å². The lowest BCUT2D eigenvalue weighted by Gasteiger charge is -2.31. The maximum atomic E-state index is 5.57. The molecule has 1 aliphatic rings. The summed E-state index contributed by atoms with van der Waals surface area (Å²) >= 11 is 1.65. The fourth-order valence-electron chi connectivity index (χ4n) is 3.33. The predicted octanol–water partition coefficient (Wildman–Crippen LogP) is 4.04. The lowest BCUT2D eigenvalue weighted by Crippen LogP contribution is -2.48. The summed E-state index contributed by atoms with van der Waals surface area (Å²) in [5.74, 6) is 0.775. The summed E-state index contributed by atoms with van der Waals surface area (Å²) in [6.07, 6.45) is 0. The van der Waals surface area contributed by atoms with Crippen LogP contribution in [0.5, 0.6) is 5.75 Å². The molecule has 2 heterocycles. The van der Waals surface area contributed by atoms with Crippen LogP contribution in [0.1, 0.15) is 11.1 Å². The van der Waals surface area contributed by atoms with Crippen LogP contribution in [0.3, 0.4) is 0 Å². The molecule has 0 N–H and O–H groups in total. The molecule has 1 saturated heterocycles. The normalized spacial score (nSPS) is 15.1. The Morgan fingerprint density at radius 3 is 2.57 bits per heavy atom. The van der Waals surface area contributed by atoms with Gasteiger partial charge in [0.25, 0.3) is 0 Å². The van der Waals surface area contributed by atoms with Crippen molar-refractivity contribution in [1.29, 1.82) is 0 Å². The summed E-state index contributed by atoms with van der Waals surface area (Å²) < 4.78 is 13.3. The second-order valence-corrected chi connectivity index (χ2v) is 7.70. The lowest BCUT2D eigenvalue weighted by molar-refractivity contribution is 0.111. The smallest absolute Gasteiger partial charge is 0.209 e. The fraction of sp³-hybridized carbons (Fsp3) is 0.318. The van der Waals surface area contributed by atoms with E-state index >= 15 is 0 Å². The molecule has 28 heavy (non-hydrogen) atoms. The second kappa shape index (κ2) is 8.20. The molecule has 0 amide bonds. The number of methoxy groups -OCH3 is 1. The molecule has 146 valence electrons. The van der Waals surface area contributed by atoms with Gasteiger partial charge < -0.3 is 14.5 Å². The number of nitrogens with zero attached hydrogens (tertiary/aromatic N) is 3. The van der Waals surface area contributed by atoms with Crippen LogP contribution in [-0.2, 0) is 4.74 Å². The third-order valence-electron chi connectivity index (χ3n) is 5.06. The zero-order valence-corrected chi connectivity index (χ0v) is 17.3. The molecule has 5 nitrogen and oxygen atoms in total. The molecular weight excluding hydrogens is 370 g/mol. The number of hydrogen-bond donors (Lipinski definition) is 0. The van der Waals surface area contributed by atoms with E-state index in [4.69, 9.17) is 14.5 Å². The van der Waals surface area contributed by atoms with Crippen LogP contribution in [0.2, 0.25) is 0 Å². The van der Waals surface area contributed by atoms with Gasteiger partial charge in [-0.25, -0.2) is 9.67 Å². The van der Waals surface area contributed by atoms with Crippen LogP contribution in [0, 0.1) is 13.8 Å². The zero-order chi connectivity index (χ0) is 19.5. The average molecular weight is 396 g/mol. The minimum Gasteiger partial charge on any atom is -0.494 e. The van der Waals surface area contributed by atoms with E-state index in [2.05, 4.69) is 47.1 Å². The monoisotopic (exact) mass is 395 g/mol. The molecule has 0 radical (unpaired) electrons. The summed E-state index contributed by atoms with van der Waals surface area (Å²) in [4.78, 5) is 5.88. The Bertz CT molecular complexity index is 1030. The molecule has 0 spiro atoms. The zero-order valence-electron chi connectivity index (χ0n) is 16.5. The van der Waals surface area contributed by atoms with E-state index in [-0.39, 0.29) is 0 Å². The van der Waals surface area contributed by atoms with E-state index in [1.165, 1.54) is 16.7 Å². The molecule has 0 bridgehead atoms. The standard InChI is InChI=1S/C22H25N3O2S/c1-16-8-9-18(14-17(16)2)20-15-28-22(25(20)24-10-12-27-13-11-24)23-19-6-4-5-7-21(19)26-3/h4-9,14-15H,10-13H2,1-3H3. The number of para-hydroxylation sites is 2. The summed E-state index contributed by atoms with van der Waals surface area (Å²) in [6.45, 7) is 7.43. The molecule has 1 aromatic heterocycles. The number of thiazole rings is 1. The largest absolute Gasteiger partial charge is 0.494 e. The molecule has 4 rings (SSSR count). The van der Waals surface area contributed by atoms with Gasteiger partial charge >= 0.3 is 0 Å². The van der Waals surface area contributed by atoms with Crippen molar-refractivity contribution in [3.05, 3.63) is 63.8 Å². The fourth-order valence-corrected chi connectivity index (χ4v) is 4.25. The van der Waals surface area contributed by atoms with E-state index < -0.39 is 0 Å². The molecule has 0 aliphatic carbocycles. The van der Waals surface area contributed by atoms with Crippen molar-refractivity contribution in [3.8, 4) is 17.0 Å². The van der Waals surface area contributed by atoms with Gasteiger partial charge in [0.2, 0.25) is 4.80 Å². The Morgan fingerprint density at radius 2 is 1.82 bits per heavy atom. The van der Waals surface area contributed by atoms with Gasteiger partial charge in [-0.2, -0.15) is 0 Å². The van der Waals surface area contributed by atoms with Gasteiger partial charge in [-0.1, -0.05) is 24.3 Å². The highest BCUT2D eigenvalue weighted by atomic mass is 32.1. The van der Waals surface area contributed by atoms with Gasteiger partial charge in [-0.05, 0) is 43.2 Å². The molecule has 0 unspecified atom stereocenters. The molecular formula is C22H25N3O2S. The maximum Gasteiger partial charge on any atom is 0.209 e. The van der Waals surface area contributed by atoms with Gasteiger partial charge in [-0.3, -0.25) is 0 Å². The quantitative estimate of drug-likeness (QED) is 0.669. The van der Waals surface area contributed by atoms with Crippen LogP contribution in [0.25, 0.3) is 11.3 Å². The van der Waals surface area contributed by atoms with Crippen molar-refractivity contribution in [2.75, 3.05) is 38.4 Å². The molecule has 0 atom stereocenters. The van der Waals surface area contributed by atoms with Gasteiger partial charge in [0.15, 0.2) is 0 Å². The van der Waals surface area contributed by atoms with Crippen LogP contribution in [0.4, 0.5) is 5.69 Å². The topological polar surface area (TPSA) is 39.0 Å². The second-order valence-electron chi connectivity index (χ2n) is 6.86. The maximum absolute atomic E-state index is 5.57. The van der Waals surface area contributed by atoms with E-state index in [1.54, 1.807) is 18.4 Å². The lowest BCUT2D eigenvalue weighted by atomic mass is 10.1. The molecule has 0 saturated carbocycles. The molecule has 1 fully saturated rings. The summed E-state index contributed by atoms with van der Waals surface area (Å²) in [5.41, 5.74) is 5.78. The van der Waals surface area contributed by atoms with Crippen LogP contribution < -0.4 is 14.5 Å². The van der Waals surface area contributed by atoms with Crippen LogP contribution >= 0.6 is 11.3 Å². The Labute approximate surface area is 169 Å². The number of rotatable bonds is 4. The minimum absolute atomic E-state index is 0.726. The first-order chi connectivity index (χ1) is 13.7. The first kappa shape index (κ1) is 18.8. The summed E-state index contributed by atoms with van der Waals surface area (Å²) in [7, 11) is 1.68. The first-order valence-electron chi connectivity index (χ1n) is 9.46. The Hall–Kier alpha value is -2.57. The van der Waals surface area contributed by atoms with Crippen molar-refractivity contribution in [2.45, 2.75) is 13.8 Å². The predicted molar refractivity (Wildman–Crippen MR) is 114 cm³/mol. The Kier molecular flexibility index (Phi) is 5.50. The molecule has 3 aromatic rings. The van der Waals surface area contributed by atoms with Crippen molar-refractivity contribution in [2.24, 2.45) is 4.99 Å². The van der Waals surface area contributed by atoms with Gasteiger partial charge in [-0.15, -0.1) is 11.3 Å². The third-order valence-corrected chi connectivity index (χ3v) is 5.88. The van der Waals surface area contributed by atoms with Crippen molar-refractivity contribution in [1.82, 2.24) is 4.68 Å². The Balaban J connectivity index is 1.88. The SMILES string of the molecule is COc1ccccc1N=c1scc(-c2ccc(C)c(C)c2)n1N1CCOCC1. The van der Waals surface area contributed by atoms with Crippen molar-refractivity contribution < 1.29 is 9.47 Å². The number of aryl methyl sites for hydroxylation is 2. The molecule has 1 aliphatic heterocycles. The van der Waals surface area contributed by atoms with E-state index in [9.17, 15) is 0 Å². The van der Waals surface area contributed by atoms with Crippen LogP contribution in [0.15, 0.2) is 52.8 Å². The third kappa shape index (κ3) is 3.70. The van der Waals surface area contributed by atoms with E-state index in [0.717, 1.165) is 48.2 Å². The van der Waals surface area contributed by atoms with Gasteiger partial charge in [0.05, 0.1) is 39.1 Å².